The van der Waals surface area contributed by atoms with Crippen molar-refractivity contribution in [1.29, 1.82) is 5.26 Å². The molecule has 0 spiro atoms. The summed E-state index contributed by atoms with van der Waals surface area (Å²) in [6.45, 7) is 1.80. The van der Waals surface area contributed by atoms with Crippen molar-refractivity contribution in [1.82, 2.24) is 5.32 Å². The molecule has 0 amide bonds. The summed E-state index contributed by atoms with van der Waals surface area (Å²) in [5, 5.41) is 22.1. The van der Waals surface area contributed by atoms with Crippen molar-refractivity contribution in [3.63, 3.8) is 0 Å². The molecule has 0 atom stereocenters. The van der Waals surface area contributed by atoms with Gasteiger partial charge in [-0.3, -0.25) is 0 Å². The average Bonchev–Trinajstić information content (AvgIpc) is 2.49. The molecule has 1 fully saturated rings. The normalized spacial score (nSPS) is 17.9. The second-order valence-corrected chi connectivity index (χ2v) is 5.59. The van der Waals surface area contributed by atoms with Gasteiger partial charge in [-0.25, -0.2) is 0 Å². The molecule has 0 bridgehead atoms. The molecule has 0 aromatic heterocycles. The van der Waals surface area contributed by atoms with E-state index >= 15 is 0 Å². The number of rotatable bonds is 5. The van der Waals surface area contributed by atoms with Crippen LogP contribution in [-0.2, 0) is 6.54 Å². The fourth-order valence-corrected chi connectivity index (χ4v) is 2.94. The third-order valence-corrected chi connectivity index (χ3v) is 4.20. The van der Waals surface area contributed by atoms with Crippen LogP contribution in [0.5, 0.6) is 0 Å². The van der Waals surface area contributed by atoms with E-state index in [1.807, 2.05) is 24.3 Å². The molecule has 0 unspecified atom stereocenters. The topological polar surface area (TPSA) is 56.0 Å². The Morgan fingerprint density at radius 1 is 1.21 bits per heavy atom. The Kier molecular flexibility index (Phi) is 4.95. The number of nitrogens with one attached hydrogen (secondary N) is 1. The summed E-state index contributed by atoms with van der Waals surface area (Å²) < 4.78 is 0. The largest absolute Gasteiger partial charge is 0.396 e. The van der Waals surface area contributed by atoms with Crippen molar-refractivity contribution in [2.24, 2.45) is 5.41 Å². The van der Waals surface area contributed by atoms with E-state index in [2.05, 4.69) is 11.4 Å². The maximum Gasteiger partial charge on any atom is 0.0995 e. The number of aliphatic hydroxyl groups is 1. The fraction of sp³-hybridized carbons (Fsp3) is 0.562. The Hall–Kier alpha value is -1.37. The van der Waals surface area contributed by atoms with Gasteiger partial charge in [-0.1, -0.05) is 37.5 Å². The van der Waals surface area contributed by atoms with Crippen LogP contribution in [0.25, 0.3) is 0 Å². The molecule has 2 N–H and O–H groups in total. The third-order valence-electron chi connectivity index (χ3n) is 4.20. The van der Waals surface area contributed by atoms with Crippen LogP contribution in [-0.4, -0.2) is 18.3 Å². The van der Waals surface area contributed by atoms with Crippen LogP contribution >= 0.6 is 0 Å². The quantitative estimate of drug-likeness (QED) is 0.853. The zero-order valence-corrected chi connectivity index (χ0v) is 11.4. The lowest BCUT2D eigenvalue weighted by atomic mass is 9.74. The van der Waals surface area contributed by atoms with Crippen molar-refractivity contribution in [2.45, 2.75) is 38.6 Å². The van der Waals surface area contributed by atoms with E-state index in [0.29, 0.717) is 6.54 Å². The first-order valence-corrected chi connectivity index (χ1v) is 7.09. The molecule has 0 saturated heterocycles. The van der Waals surface area contributed by atoms with E-state index in [4.69, 9.17) is 5.26 Å². The van der Waals surface area contributed by atoms with Crippen LogP contribution in [0.15, 0.2) is 24.3 Å². The highest BCUT2D eigenvalue weighted by Crippen LogP contribution is 2.35. The number of benzene rings is 1. The van der Waals surface area contributed by atoms with Crippen molar-refractivity contribution >= 4 is 0 Å². The van der Waals surface area contributed by atoms with E-state index in [9.17, 15) is 5.11 Å². The second kappa shape index (κ2) is 6.70. The first-order valence-electron chi connectivity index (χ1n) is 7.09. The first-order chi connectivity index (χ1) is 9.29. The van der Waals surface area contributed by atoms with Crippen LogP contribution in [0.4, 0.5) is 0 Å². The van der Waals surface area contributed by atoms with Crippen molar-refractivity contribution in [2.75, 3.05) is 13.2 Å². The van der Waals surface area contributed by atoms with Gasteiger partial charge in [0, 0.05) is 25.1 Å². The smallest absolute Gasteiger partial charge is 0.0995 e. The van der Waals surface area contributed by atoms with Crippen molar-refractivity contribution in [3.8, 4) is 6.07 Å². The van der Waals surface area contributed by atoms with Crippen LogP contribution in [0.2, 0.25) is 0 Å². The molecule has 1 aromatic rings. The molecular weight excluding hydrogens is 236 g/mol. The van der Waals surface area contributed by atoms with Gasteiger partial charge >= 0.3 is 0 Å². The van der Waals surface area contributed by atoms with E-state index in [1.165, 1.54) is 19.3 Å². The molecule has 3 heteroatoms. The van der Waals surface area contributed by atoms with Gasteiger partial charge in [-0.05, 0) is 24.5 Å². The third kappa shape index (κ3) is 3.56. The van der Waals surface area contributed by atoms with Gasteiger partial charge in [0.1, 0.15) is 0 Å². The number of nitrogens with zero attached hydrogens (tertiary/aromatic N) is 1. The Balaban J connectivity index is 1.90. The number of hydrogen-bond donors (Lipinski definition) is 2. The Labute approximate surface area is 115 Å². The predicted octanol–water partition coefficient (Wildman–Crippen LogP) is 2.59. The minimum Gasteiger partial charge on any atom is -0.396 e. The molecule has 0 aliphatic heterocycles. The predicted molar refractivity (Wildman–Crippen MR) is 75.5 cm³/mol. The van der Waals surface area contributed by atoms with Crippen molar-refractivity contribution < 1.29 is 5.11 Å². The lowest BCUT2D eigenvalue weighted by Crippen LogP contribution is -2.38. The van der Waals surface area contributed by atoms with E-state index in [1.54, 1.807) is 0 Å². The van der Waals surface area contributed by atoms with Gasteiger partial charge in [-0.15, -0.1) is 0 Å². The summed E-state index contributed by atoms with van der Waals surface area (Å²) in [5.41, 5.74) is 1.82. The number of aliphatic hydroxyl groups excluding tert-OH is 1. The molecule has 1 aliphatic rings. The van der Waals surface area contributed by atoms with Gasteiger partial charge in [-0.2, -0.15) is 5.26 Å². The maximum atomic E-state index is 9.65. The second-order valence-electron chi connectivity index (χ2n) is 5.59. The summed E-state index contributed by atoms with van der Waals surface area (Å²) in [7, 11) is 0. The molecule has 2 rings (SSSR count). The molecule has 1 saturated carbocycles. The number of hydrogen-bond acceptors (Lipinski definition) is 3. The van der Waals surface area contributed by atoms with Crippen LogP contribution in [0, 0.1) is 16.7 Å². The van der Waals surface area contributed by atoms with E-state index < -0.39 is 0 Å². The standard InChI is InChI=1S/C16H22N2O/c17-10-14-6-2-3-7-15(14)11-18-12-16(13-19)8-4-1-5-9-16/h2-3,6-7,18-19H,1,4-5,8-9,11-13H2. The molecule has 0 radical (unpaired) electrons. The first kappa shape index (κ1) is 14.0. The Morgan fingerprint density at radius 2 is 1.95 bits per heavy atom. The Morgan fingerprint density at radius 3 is 2.63 bits per heavy atom. The monoisotopic (exact) mass is 258 g/mol. The SMILES string of the molecule is N#Cc1ccccc1CNCC1(CO)CCCCC1. The zero-order chi connectivity index (χ0) is 13.6. The van der Waals surface area contributed by atoms with Gasteiger partial charge in [0.2, 0.25) is 0 Å². The highest BCUT2D eigenvalue weighted by atomic mass is 16.3. The summed E-state index contributed by atoms with van der Waals surface area (Å²) in [5.74, 6) is 0. The van der Waals surface area contributed by atoms with Crippen LogP contribution in [0.1, 0.15) is 43.2 Å². The zero-order valence-electron chi connectivity index (χ0n) is 11.4. The lowest BCUT2D eigenvalue weighted by molar-refractivity contribution is 0.0810. The van der Waals surface area contributed by atoms with Gasteiger partial charge in [0.25, 0.3) is 0 Å². The van der Waals surface area contributed by atoms with E-state index in [-0.39, 0.29) is 12.0 Å². The van der Waals surface area contributed by atoms with Gasteiger partial charge in [0.05, 0.1) is 11.6 Å². The lowest BCUT2D eigenvalue weighted by Gasteiger charge is -2.35. The van der Waals surface area contributed by atoms with Gasteiger partial charge < -0.3 is 10.4 Å². The summed E-state index contributed by atoms with van der Waals surface area (Å²) >= 11 is 0. The molecule has 0 heterocycles. The fourth-order valence-electron chi connectivity index (χ4n) is 2.94. The van der Waals surface area contributed by atoms with Crippen LogP contribution < -0.4 is 5.32 Å². The molecule has 1 aromatic carbocycles. The molecule has 3 nitrogen and oxygen atoms in total. The van der Waals surface area contributed by atoms with Gasteiger partial charge in [0.15, 0.2) is 0 Å². The van der Waals surface area contributed by atoms with Crippen molar-refractivity contribution in [3.05, 3.63) is 35.4 Å². The summed E-state index contributed by atoms with van der Waals surface area (Å²) in [6, 6.07) is 9.89. The minimum absolute atomic E-state index is 0.0554. The molecule has 1 aliphatic carbocycles. The minimum atomic E-state index is 0.0554. The average molecular weight is 258 g/mol. The van der Waals surface area contributed by atoms with E-state index in [0.717, 1.165) is 30.5 Å². The molecule has 102 valence electrons. The molecular formula is C16H22N2O. The number of nitriles is 1. The molecule has 19 heavy (non-hydrogen) atoms. The Bertz CT molecular complexity index is 444. The highest BCUT2D eigenvalue weighted by Gasteiger charge is 2.30. The highest BCUT2D eigenvalue weighted by molar-refractivity contribution is 5.37. The summed E-state index contributed by atoms with van der Waals surface area (Å²) in [4.78, 5) is 0. The summed E-state index contributed by atoms with van der Waals surface area (Å²) in [6.07, 6.45) is 5.94. The van der Waals surface area contributed by atoms with Crippen LogP contribution in [0.3, 0.4) is 0 Å². The maximum absolute atomic E-state index is 9.65.